The largest absolute Gasteiger partial charge is 0.379 e. The van der Waals surface area contributed by atoms with Gasteiger partial charge in [0.15, 0.2) is 10.9 Å². The molecule has 1 aliphatic rings. The molecule has 0 amide bonds. The second kappa shape index (κ2) is 9.97. The highest BCUT2D eigenvalue weighted by Gasteiger charge is 2.27. The summed E-state index contributed by atoms with van der Waals surface area (Å²) in [5.41, 5.74) is 3.36. The quantitative estimate of drug-likeness (QED) is 0.350. The molecule has 0 N–H and O–H groups in total. The number of Topliss-reactive ketones (excluding diaryl/α,β-unsaturated/α-hetero) is 1. The lowest BCUT2D eigenvalue weighted by Crippen LogP contribution is -2.40. The van der Waals surface area contributed by atoms with Gasteiger partial charge in [0.2, 0.25) is 10.0 Å². The third-order valence-electron chi connectivity index (χ3n) is 5.84. The zero-order valence-corrected chi connectivity index (χ0v) is 20.8. The average molecular weight is 488 g/mol. The fraction of sp³-hybridized carbons (Fsp3) is 0.417. The summed E-state index contributed by atoms with van der Waals surface area (Å²) in [5.74, 6) is 0.731. The lowest BCUT2D eigenvalue weighted by atomic mass is 10.0. The molecule has 2 heterocycles. The molecule has 1 fully saturated rings. The van der Waals surface area contributed by atoms with Crippen molar-refractivity contribution in [3.63, 3.8) is 0 Å². The fourth-order valence-electron chi connectivity index (χ4n) is 3.87. The van der Waals surface area contributed by atoms with Gasteiger partial charge in [-0.3, -0.25) is 4.79 Å². The molecule has 2 aromatic carbocycles. The van der Waals surface area contributed by atoms with E-state index in [1.807, 2.05) is 35.8 Å². The second-order valence-corrected chi connectivity index (χ2v) is 11.2. The Morgan fingerprint density at radius 2 is 1.82 bits per heavy atom. The van der Waals surface area contributed by atoms with Crippen LogP contribution in [0.4, 0.5) is 0 Å². The number of hydrogen-bond acceptors (Lipinski definition) is 6. The van der Waals surface area contributed by atoms with Gasteiger partial charge in [-0.1, -0.05) is 49.9 Å². The van der Waals surface area contributed by atoms with E-state index in [0.29, 0.717) is 55.0 Å². The third-order valence-corrected chi connectivity index (χ3v) is 8.71. The second-order valence-electron chi connectivity index (χ2n) is 8.29. The summed E-state index contributed by atoms with van der Waals surface area (Å²) in [5, 5.41) is 0.709. The number of fused-ring (bicyclic) bond motifs is 1. The zero-order chi connectivity index (χ0) is 23.6. The van der Waals surface area contributed by atoms with E-state index in [2.05, 4.69) is 18.8 Å². The monoisotopic (exact) mass is 487 g/mol. The van der Waals surface area contributed by atoms with E-state index in [1.54, 1.807) is 18.2 Å². The van der Waals surface area contributed by atoms with Crippen LogP contribution < -0.4 is 0 Å². The molecule has 0 saturated carbocycles. The van der Waals surface area contributed by atoms with Crippen LogP contribution in [-0.4, -0.2) is 60.1 Å². The van der Waals surface area contributed by atoms with E-state index >= 15 is 0 Å². The molecule has 3 aromatic rings. The number of benzene rings is 2. The van der Waals surface area contributed by atoms with Crippen molar-refractivity contribution in [2.24, 2.45) is 0 Å². The van der Waals surface area contributed by atoms with Crippen LogP contribution >= 0.6 is 11.8 Å². The van der Waals surface area contributed by atoms with E-state index in [0.717, 1.165) is 5.52 Å². The molecule has 176 valence electrons. The van der Waals surface area contributed by atoms with Crippen molar-refractivity contribution in [1.82, 2.24) is 13.9 Å². The zero-order valence-electron chi connectivity index (χ0n) is 19.2. The van der Waals surface area contributed by atoms with Crippen LogP contribution in [0.25, 0.3) is 11.0 Å². The summed E-state index contributed by atoms with van der Waals surface area (Å²) in [6.45, 7) is 8.44. The van der Waals surface area contributed by atoms with Crippen LogP contribution in [0.3, 0.4) is 0 Å². The van der Waals surface area contributed by atoms with Crippen LogP contribution in [0.15, 0.2) is 52.5 Å². The lowest BCUT2D eigenvalue weighted by Gasteiger charge is -2.26. The number of imidazole rings is 1. The number of nitrogens with zero attached hydrogens (tertiary/aromatic N) is 3. The fourth-order valence-corrected chi connectivity index (χ4v) is 6.27. The van der Waals surface area contributed by atoms with Crippen molar-refractivity contribution in [2.45, 2.75) is 43.3 Å². The van der Waals surface area contributed by atoms with E-state index in [4.69, 9.17) is 4.74 Å². The Labute approximate surface area is 199 Å². The van der Waals surface area contributed by atoms with E-state index in [1.165, 1.54) is 21.6 Å². The van der Waals surface area contributed by atoms with Gasteiger partial charge in [-0.2, -0.15) is 4.31 Å². The van der Waals surface area contributed by atoms with Crippen molar-refractivity contribution in [2.75, 3.05) is 32.1 Å². The number of sulfonamides is 1. The van der Waals surface area contributed by atoms with Gasteiger partial charge in [0.25, 0.3) is 0 Å². The molecular formula is C24H29N3O4S2. The number of carbonyl (C=O) groups excluding carboxylic acids is 1. The first-order chi connectivity index (χ1) is 15.8. The van der Waals surface area contributed by atoms with Gasteiger partial charge in [0.05, 0.1) is 34.9 Å². The average Bonchev–Trinajstić information content (AvgIpc) is 3.19. The van der Waals surface area contributed by atoms with Gasteiger partial charge in [-0.15, -0.1) is 0 Å². The Morgan fingerprint density at radius 1 is 1.12 bits per heavy atom. The molecule has 0 atom stereocenters. The topological polar surface area (TPSA) is 81.5 Å². The number of aryl methyl sites for hydroxylation is 1. The molecule has 0 radical (unpaired) electrons. The molecule has 7 nitrogen and oxygen atoms in total. The summed E-state index contributed by atoms with van der Waals surface area (Å²) in [4.78, 5) is 17.6. The SMILES string of the molecule is CCn1c(SCC(=O)c2ccc(C(C)C)cc2)nc2cc(S(=O)(=O)N3CCOCC3)ccc21. The van der Waals surface area contributed by atoms with Crippen LogP contribution in [0, 0.1) is 0 Å². The van der Waals surface area contributed by atoms with Crippen LogP contribution in [-0.2, 0) is 21.3 Å². The minimum Gasteiger partial charge on any atom is -0.379 e. The van der Waals surface area contributed by atoms with Crippen molar-refractivity contribution < 1.29 is 17.9 Å². The molecule has 1 aliphatic heterocycles. The molecule has 1 aromatic heterocycles. The Morgan fingerprint density at radius 3 is 2.45 bits per heavy atom. The molecule has 9 heteroatoms. The summed E-state index contributed by atoms with van der Waals surface area (Å²) in [6.07, 6.45) is 0. The van der Waals surface area contributed by atoms with Crippen LogP contribution in [0.1, 0.15) is 42.6 Å². The smallest absolute Gasteiger partial charge is 0.243 e. The van der Waals surface area contributed by atoms with Gasteiger partial charge in [-0.25, -0.2) is 13.4 Å². The van der Waals surface area contributed by atoms with Gasteiger partial charge in [-0.05, 0) is 36.6 Å². The first-order valence-corrected chi connectivity index (χ1v) is 13.6. The minimum atomic E-state index is -3.59. The summed E-state index contributed by atoms with van der Waals surface area (Å²) >= 11 is 1.38. The Hall–Kier alpha value is -2.20. The molecule has 4 rings (SSSR count). The summed E-state index contributed by atoms with van der Waals surface area (Å²) in [6, 6.07) is 12.8. The molecule has 0 aliphatic carbocycles. The summed E-state index contributed by atoms with van der Waals surface area (Å²) < 4.78 is 34.8. The predicted octanol–water partition coefficient (Wildman–Crippen LogP) is 4.18. The normalized spacial score (nSPS) is 15.4. The number of morpholine rings is 1. The maximum absolute atomic E-state index is 13.0. The molecule has 1 saturated heterocycles. The highest BCUT2D eigenvalue weighted by atomic mass is 32.2. The van der Waals surface area contributed by atoms with Crippen LogP contribution in [0.2, 0.25) is 0 Å². The van der Waals surface area contributed by atoms with Crippen molar-refractivity contribution in [3.8, 4) is 0 Å². The highest BCUT2D eigenvalue weighted by molar-refractivity contribution is 7.99. The van der Waals surface area contributed by atoms with Gasteiger partial charge in [0.1, 0.15) is 0 Å². The van der Waals surface area contributed by atoms with Crippen LogP contribution in [0.5, 0.6) is 0 Å². The molecule has 33 heavy (non-hydrogen) atoms. The first kappa shape index (κ1) is 23.9. The van der Waals surface area contributed by atoms with E-state index in [9.17, 15) is 13.2 Å². The molecule has 0 bridgehead atoms. The molecule has 0 spiro atoms. The van der Waals surface area contributed by atoms with Gasteiger partial charge in [0, 0.05) is 25.2 Å². The lowest BCUT2D eigenvalue weighted by molar-refractivity contribution is 0.0730. The Balaban J connectivity index is 1.55. The predicted molar refractivity (Wildman–Crippen MR) is 131 cm³/mol. The summed E-state index contributed by atoms with van der Waals surface area (Å²) in [7, 11) is -3.59. The number of ether oxygens (including phenoxy) is 1. The van der Waals surface area contributed by atoms with E-state index in [-0.39, 0.29) is 16.4 Å². The number of hydrogen-bond donors (Lipinski definition) is 0. The number of thioether (sulfide) groups is 1. The Bertz CT molecular complexity index is 1240. The highest BCUT2D eigenvalue weighted by Crippen LogP contribution is 2.28. The number of aromatic nitrogens is 2. The number of ketones is 1. The third kappa shape index (κ3) is 5.01. The maximum Gasteiger partial charge on any atom is 0.243 e. The number of rotatable bonds is 8. The van der Waals surface area contributed by atoms with Crippen molar-refractivity contribution >= 4 is 38.6 Å². The van der Waals surface area contributed by atoms with Gasteiger partial charge < -0.3 is 9.30 Å². The maximum atomic E-state index is 13.0. The Kier molecular flexibility index (Phi) is 7.23. The van der Waals surface area contributed by atoms with E-state index < -0.39 is 10.0 Å². The minimum absolute atomic E-state index is 0.0422. The number of carbonyl (C=O) groups is 1. The van der Waals surface area contributed by atoms with Crippen molar-refractivity contribution in [3.05, 3.63) is 53.6 Å². The van der Waals surface area contributed by atoms with Crippen molar-refractivity contribution in [1.29, 1.82) is 0 Å². The molecular weight excluding hydrogens is 458 g/mol. The molecule has 0 unspecified atom stereocenters. The van der Waals surface area contributed by atoms with Gasteiger partial charge >= 0.3 is 0 Å². The standard InChI is InChI=1S/C24H29N3O4S2/c1-4-27-22-10-9-20(33(29,30)26-11-13-31-14-12-26)15-21(22)25-24(27)32-16-23(28)19-7-5-18(6-8-19)17(2)3/h5-10,15,17H,4,11-14,16H2,1-3H3. The first-order valence-electron chi connectivity index (χ1n) is 11.2.